The highest BCUT2D eigenvalue weighted by atomic mass is 14.9. The second-order valence-electron chi connectivity index (χ2n) is 5.69. The molecule has 2 saturated carbocycles. The van der Waals surface area contributed by atoms with Gasteiger partial charge in [0.1, 0.15) is 0 Å². The second-order valence-corrected chi connectivity index (χ2v) is 5.69. The summed E-state index contributed by atoms with van der Waals surface area (Å²) in [4.78, 5) is 0. The van der Waals surface area contributed by atoms with E-state index in [1.54, 1.807) is 25.7 Å². The van der Waals surface area contributed by atoms with E-state index in [0.29, 0.717) is 5.41 Å². The predicted octanol–water partition coefficient (Wildman–Crippen LogP) is 2.18. The minimum atomic E-state index is 0.674. The van der Waals surface area contributed by atoms with Crippen LogP contribution in [-0.2, 0) is 0 Å². The van der Waals surface area contributed by atoms with Crippen molar-refractivity contribution in [3.63, 3.8) is 0 Å². The summed E-state index contributed by atoms with van der Waals surface area (Å²) in [5.41, 5.74) is 1.57. The van der Waals surface area contributed by atoms with Gasteiger partial charge in [-0.2, -0.15) is 0 Å². The van der Waals surface area contributed by atoms with E-state index < -0.39 is 0 Å². The minimum Gasteiger partial charge on any atom is -0.316 e. The predicted molar refractivity (Wildman–Crippen MR) is 50.0 cm³/mol. The third-order valence-electron chi connectivity index (χ3n) is 4.70. The number of rotatable bonds is 1. The van der Waals surface area contributed by atoms with Crippen molar-refractivity contribution in [1.29, 1.82) is 0 Å². The summed E-state index contributed by atoms with van der Waals surface area (Å²) >= 11 is 0. The van der Waals surface area contributed by atoms with Crippen molar-refractivity contribution in [3.05, 3.63) is 0 Å². The molecule has 3 aliphatic rings. The molecule has 1 N–H and O–H groups in total. The molecule has 1 aliphatic heterocycles. The Bertz CT molecular complexity index is 191. The Kier molecular flexibility index (Phi) is 1.27. The van der Waals surface area contributed by atoms with Crippen molar-refractivity contribution >= 4 is 0 Å². The molecule has 1 unspecified atom stereocenters. The highest BCUT2D eigenvalue weighted by Crippen LogP contribution is 2.67. The summed E-state index contributed by atoms with van der Waals surface area (Å²) in [7, 11) is 0. The molecule has 1 spiro atoms. The van der Waals surface area contributed by atoms with Gasteiger partial charge in [-0.15, -0.1) is 0 Å². The first-order valence-electron chi connectivity index (χ1n) is 5.43. The van der Waals surface area contributed by atoms with Gasteiger partial charge in [-0.25, -0.2) is 0 Å². The largest absolute Gasteiger partial charge is 0.316 e. The smallest absolute Gasteiger partial charge is 0.000830 e. The van der Waals surface area contributed by atoms with E-state index >= 15 is 0 Å². The molecule has 1 nitrogen and oxygen atoms in total. The fraction of sp³-hybridized carbons (Fsp3) is 1.00. The molecule has 3 rings (SSSR count). The van der Waals surface area contributed by atoms with Gasteiger partial charge in [-0.1, -0.05) is 6.92 Å². The maximum absolute atomic E-state index is 3.51. The van der Waals surface area contributed by atoms with Gasteiger partial charge in [0.15, 0.2) is 0 Å². The molecule has 2 aliphatic carbocycles. The lowest BCUT2D eigenvalue weighted by atomic mass is 9.59. The summed E-state index contributed by atoms with van der Waals surface area (Å²) in [5, 5.41) is 3.51. The molecule has 1 atom stereocenters. The van der Waals surface area contributed by atoms with Gasteiger partial charge in [0, 0.05) is 6.54 Å². The third kappa shape index (κ3) is 0.891. The summed E-state index contributed by atoms with van der Waals surface area (Å²) in [6.07, 6.45) is 7.64. The Morgan fingerprint density at radius 1 is 1.17 bits per heavy atom. The molecular formula is C11H19N. The highest BCUT2D eigenvalue weighted by molar-refractivity contribution is 5.09. The van der Waals surface area contributed by atoms with Crippen LogP contribution in [0.1, 0.15) is 39.0 Å². The Hall–Kier alpha value is -0.0400. The van der Waals surface area contributed by atoms with E-state index in [0.717, 1.165) is 11.3 Å². The molecule has 1 heterocycles. The van der Waals surface area contributed by atoms with Gasteiger partial charge < -0.3 is 5.32 Å². The zero-order chi connectivity index (χ0) is 8.23. The Morgan fingerprint density at radius 2 is 1.92 bits per heavy atom. The van der Waals surface area contributed by atoms with Gasteiger partial charge in [0.2, 0.25) is 0 Å². The van der Waals surface area contributed by atoms with Crippen LogP contribution in [0.5, 0.6) is 0 Å². The summed E-state index contributed by atoms with van der Waals surface area (Å²) in [6, 6.07) is 0. The van der Waals surface area contributed by atoms with Crippen LogP contribution in [0.15, 0.2) is 0 Å². The van der Waals surface area contributed by atoms with Crippen LogP contribution in [0.2, 0.25) is 0 Å². The molecule has 0 aromatic rings. The van der Waals surface area contributed by atoms with Gasteiger partial charge in [0.05, 0.1) is 0 Å². The number of nitrogens with one attached hydrogen (secondary N) is 1. The third-order valence-corrected chi connectivity index (χ3v) is 4.70. The van der Waals surface area contributed by atoms with Crippen molar-refractivity contribution in [2.24, 2.45) is 16.7 Å². The van der Waals surface area contributed by atoms with Gasteiger partial charge in [-0.05, 0) is 55.4 Å². The maximum Gasteiger partial charge on any atom is 0.000830 e. The summed E-state index contributed by atoms with van der Waals surface area (Å²) < 4.78 is 0. The van der Waals surface area contributed by atoms with Crippen LogP contribution in [0.3, 0.4) is 0 Å². The lowest BCUT2D eigenvalue weighted by Crippen LogP contribution is -2.40. The van der Waals surface area contributed by atoms with Crippen LogP contribution >= 0.6 is 0 Å². The topological polar surface area (TPSA) is 12.0 Å². The molecule has 1 heteroatoms. The molecule has 68 valence electrons. The zero-order valence-electron chi connectivity index (χ0n) is 8.03. The highest BCUT2D eigenvalue weighted by Gasteiger charge is 2.57. The molecule has 12 heavy (non-hydrogen) atoms. The zero-order valence-corrected chi connectivity index (χ0v) is 8.03. The molecule has 1 saturated heterocycles. The SMILES string of the molecule is CC1(C2CC3(CC3)C2)CCNC1. The lowest BCUT2D eigenvalue weighted by Gasteiger charge is -2.46. The van der Waals surface area contributed by atoms with Crippen molar-refractivity contribution in [1.82, 2.24) is 5.32 Å². The lowest BCUT2D eigenvalue weighted by molar-refractivity contribution is 0.0476. The van der Waals surface area contributed by atoms with Crippen LogP contribution < -0.4 is 5.32 Å². The van der Waals surface area contributed by atoms with Gasteiger partial charge in [0.25, 0.3) is 0 Å². The van der Waals surface area contributed by atoms with E-state index in [1.807, 2.05) is 0 Å². The Morgan fingerprint density at radius 3 is 2.42 bits per heavy atom. The first-order chi connectivity index (χ1) is 5.73. The maximum atomic E-state index is 3.51. The number of hydrogen-bond donors (Lipinski definition) is 1. The Balaban J connectivity index is 1.66. The fourth-order valence-corrected chi connectivity index (χ4v) is 3.25. The van der Waals surface area contributed by atoms with Crippen molar-refractivity contribution in [3.8, 4) is 0 Å². The van der Waals surface area contributed by atoms with Gasteiger partial charge in [-0.3, -0.25) is 0 Å². The molecular weight excluding hydrogens is 146 g/mol. The normalized spacial score (nSPS) is 44.8. The van der Waals surface area contributed by atoms with Gasteiger partial charge >= 0.3 is 0 Å². The van der Waals surface area contributed by atoms with Crippen LogP contribution in [0.25, 0.3) is 0 Å². The minimum absolute atomic E-state index is 0.674. The van der Waals surface area contributed by atoms with Crippen LogP contribution in [0.4, 0.5) is 0 Å². The van der Waals surface area contributed by atoms with E-state index in [4.69, 9.17) is 0 Å². The van der Waals surface area contributed by atoms with Crippen molar-refractivity contribution in [2.75, 3.05) is 13.1 Å². The fourth-order valence-electron chi connectivity index (χ4n) is 3.25. The second kappa shape index (κ2) is 2.06. The molecule has 0 bridgehead atoms. The average molecular weight is 165 g/mol. The van der Waals surface area contributed by atoms with E-state index in [1.165, 1.54) is 19.5 Å². The molecule has 0 aromatic carbocycles. The van der Waals surface area contributed by atoms with E-state index in [-0.39, 0.29) is 0 Å². The standard InChI is InChI=1S/C11H19N/c1-10(4-5-12-8-10)9-6-11(7-9)2-3-11/h9,12H,2-8H2,1H3. The molecule has 0 radical (unpaired) electrons. The van der Waals surface area contributed by atoms with Crippen LogP contribution in [0, 0.1) is 16.7 Å². The monoisotopic (exact) mass is 165 g/mol. The molecule has 3 fully saturated rings. The molecule has 0 amide bonds. The quantitative estimate of drug-likeness (QED) is 0.628. The van der Waals surface area contributed by atoms with E-state index in [9.17, 15) is 0 Å². The van der Waals surface area contributed by atoms with E-state index in [2.05, 4.69) is 12.2 Å². The molecule has 0 aromatic heterocycles. The summed E-state index contributed by atoms with van der Waals surface area (Å²) in [5.74, 6) is 1.06. The summed E-state index contributed by atoms with van der Waals surface area (Å²) in [6.45, 7) is 5.04. The first-order valence-corrected chi connectivity index (χ1v) is 5.43. The van der Waals surface area contributed by atoms with Crippen molar-refractivity contribution in [2.45, 2.75) is 39.0 Å². The van der Waals surface area contributed by atoms with Crippen molar-refractivity contribution < 1.29 is 0 Å². The first kappa shape index (κ1) is 7.37. The Labute approximate surface area is 74.9 Å². The van der Waals surface area contributed by atoms with Crippen LogP contribution in [-0.4, -0.2) is 13.1 Å². The average Bonchev–Trinajstić information content (AvgIpc) is 2.68. The number of hydrogen-bond acceptors (Lipinski definition) is 1.